The van der Waals surface area contributed by atoms with Crippen molar-refractivity contribution in [3.63, 3.8) is 0 Å². The van der Waals surface area contributed by atoms with Gasteiger partial charge in [-0.1, -0.05) is 56.3 Å². The van der Waals surface area contributed by atoms with Gasteiger partial charge in [0.1, 0.15) is 18.2 Å². The summed E-state index contributed by atoms with van der Waals surface area (Å²) in [5, 5.41) is 14.7. The van der Waals surface area contributed by atoms with Gasteiger partial charge >= 0.3 is 11.9 Å². The van der Waals surface area contributed by atoms with E-state index in [-0.39, 0.29) is 23.9 Å². The minimum absolute atomic E-state index is 0.0238. The van der Waals surface area contributed by atoms with Crippen LogP contribution in [-0.2, 0) is 35.3 Å². The summed E-state index contributed by atoms with van der Waals surface area (Å²) in [4.78, 5) is 64.4. The quantitative estimate of drug-likeness (QED) is 0.187. The number of nitrogens with one attached hydrogen (secondary N) is 1. The number of esters is 2. The van der Waals surface area contributed by atoms with E-state index in [9.17, 15) is 24.0 Å². The van der Waals surface area contributed by atoms with Crippen molar-refractivity contribution in [1.82, 2.24) is 25.5 Å². The fraction of sp³-hybridized carbons (Fsp3) is 0.400. The SMILES string of the molecule is CC(C)C(NC(=O)c1cccc(-c2nnn(C(C(=O)OCc3ccccc3)C(=O)C(N)CC(=O)OC(C)(C)C)n2)c1)C(N)=O. The molecule has 0 bridgehead atoms. The number of ether oxygens (including phenoxy) is 2. The van der Waals surface area contributed by atoms with Gasteiger partial charge < -0.3 is 26.3 Å². The first-order valence-electron chi connectivity index (χ1n) is 13.9. The first-order chi connectivity index (χ1) is 20.7. The van der Waals surface area contributed by atoms with E-state index in [2.05, 4.69) is 20.7 Å². The first kappa shape index (κ1) is 33.5. The molecule has 3 rings (SSSR count). The zero-order valence-corrected chi connectivity index (χ0v) is 25.2. The van der Waals surface area contributed by atoms with Crippen LogP contribution in [0, 0.1) is 5.92 Å². The van der Waals surface area contributed by atoms with Crippen LogP contribution >= 0.6 is 0 Å². The molecule has 1 heterocycles. The molecule has 2 aromatic carbocycles. The molecule has 3 atom stereocenters. The van der Waals surface area contributed by atoms with Crippen molar-refractivity contribution in [2.75, 3.05) is 0 Å². The predicted octanol–water partition coefficient (Wildman–Crippen LogP) is 1.49. The molecule has 0 fully saturated rings. The number of hydrogen-bond acceptors (Lipinski definition) is 11. The molecule has 5 N–H and O–H groups in total. The minimum Gasteiger partial charge on any atom is -0.460 e. The molecule has 0 aliphatic heterocycles. The summed E-state index contributed by atoms with van der Waals surface area (Å²) in [5.74, 6) is -4.12. The molecule has 0 radical (unpaired) electrons. The largest absolute Gasteiger partial charge is 0.460 e. The second kappa shape index (κ2) is 14.5. The van der Waals surface area contributed by atoms with Crippen molar-refractivity contribution in [3.05, 3.63) is 65.7 Å². The summed E-state index contributed by atoms with van der Waals surface area (Å²) >= 11 is 0. The number of hydrogen-bond donors (Lipinski definition) is 3. The monoisotopic (exact) mass is 607 g/mol. The van der Waals surface area contributed by atoms with Crippen LogP contribution in [0.3, 0.4) is 0 Å². The van der Waals surface area contributed by atoms with E-state index in [0.717, 1.165) is 4.80 Å². The summed E-state index contributed by atoms with van der Waals surface area (Å²) in [5.41, 5.74) is 11.8. The number of rotatable bonds is 13. The van der Waals surface area contributed by atoms with E-state index < -0.39 is 59.7 Å². The van der Waals surface area contributed by atoms with Crippen LogP contribution < -0.4 is 16.8 Å². The lowest BCUT2D eigenvalue weighted by Crippen LogP contribution is -2.47. The Morgan fingerprint density at radius 1 is 1.00 bits per heavy atom. The Kier molecular flexibility index (Phi) is 11.0. The number of amides is 2. The Balaban J connectivity index is 1.88. The van der Waals surface area contributed by atoms with E-state index in [1.54, 1.807) is 77.1 Å². The number of benzene rings is 2. The van der Waals surface area contributed by atoms with Gasteiger partial charge in [-0.05, 0) is 49.6 Å². The number of tetrazole rings is 1. The van der Waals surface area contributed by atoms with Gasteiger partial charge in [-0.25, -0.2) is 4.79 Å². The highest BCUT2D eigenvalue weighted by atomic mass is 16.6. The standard InChI is InChI=1S/C30H37N7O7/c1-17(2)23(26(32)40)33-28(41)20-13-9-12-19(14-20)27-34-36-37(35-27)24(29(42)43-16-18-10-7-6-8-11-18)25(39)21(31)15-22(38)44-30(3,4)5/h6-14,17,21,23-24H,15-16,31H2,1-5H3,(H2,32,40)(H,33,41). The number of carbonyl (C=O) groups excluding carboxylic acids is 5. The van der Waals surface area contributed by atoms with Gasteiger partial charge in [-0.3, -0.25) is 19.2 Å². The Bertz CT molecular complexity index is 1500. The highest BCUT2D eigenvalue weighted by molar-refractivity contribution is 6.04. The molecule has 1 aromatic heterocycles. The molecular weight excluding hydrogens is 570 g/mol. The smallest absolute Gasteiger partial charge is 0.341 e. The van der Waals surface area contributed by atoms with Crippen molar-refractivity contribution in [2.45, 2.75) is 71.4 Å². The van der Waals surface area contributed by atoms with E-state index in [0.29, 0.717) is 11.1 Å². The maximum Gasteiger partial charge on any atom is 0.341 e. The predicted molar refractivity (Wildman–Crippen MR) is 157 cm³/mol. The summed E-state index contributed by atoms with van der Waals surface area (Å²) in [6.07, 6.45) is -0.500. The van der Waals surface area contributed by atoms with Gasteiger partial charge in [-0.2, -0.15) is 0 Å². The number of primary amides is 1. The van der Waals surface area contributed by atoms with E-state index in [1.807, 2.05) is 0 Å². The van der Waals surface area contributed by atoms with Crippen molar-refractivity contribution in [2.24, 2.45) is 17.4 Å². The van der Waals surface area contributed by atoms with Crippen LogP contribution in [0.1, 0.15) is 63.0 Å². The lowest BCUT2D eigenvalue weighted by Gasteiger charge is -2.21. The third-order valence-corrected chi connectivity index (χ3v) is 6.19. The Morgan fingerprint density at radius 3 is 2.30 bits per heavy atom. The van der Waals surface area contributed by atoms with Gasteiger partial charge in [0, 0.05) is 11.1 Å². The molecule has 2 amide bonds. The summed E-state index contributed by atoms with van der Waals surface area (Å²) in [6, 6.07) is 10.8. The van der Waals surface area contributed by atoms with Crippen LogP contribution in [0.5, 0.6) is 0 Å². The van der Waals surface area contributed by atoms with Gasteiger partial charge in [0.25, 0.3) is 5.91 Å². The highest BCUT2D eigenvalue weighted by Crippen LogP contribution is 2.20. The summed E-state index contributed by atoms with van der Waals surface area (Å²) in [6.45, 7) is 8.35. The van der Waals surface area contributed by atoms with Gasteiger partial charge in [0.15, 0.2) is 5.78 Å². The number of Topliss-reactive ketones (excluding diaryl/α,β-unsaturated/α-hetero) is 1. The first-order valence-corrected chi connectivity index (χ1v) is 13.9. The molecule has 0 spiro atoms. The summed E-state index contributed by atoms with van der Waals surface area (Å²) < 4.78 is 10.6. The number of nitrogens with zero attached hydrogens (tertiary/aromatic N) is 4. The lowest BCUT2D eigenvalue weighted by atomic mass is 10.0. The van der Waals surface area contributed by atoms with Crippen LogP contribution in [0.2, 0.25) is 0 Å². The normalized spacial score (nSPS) is 13.4. The third-order valence-electron chi connectivity index (χ3n) is 6.19. The van der Waals surface area contributed by atoms with E-state index in [4.69, 9.17) is 20.9 Å². The Hall–Kier alpha value is -4.98. The average molecular weight is 608 g/mol. The fourth-order valence-electron chi connectivity index (χ4n) is 4.04. The van der Waals surface area contributed by atoms with Gasteiger partial charge in [-0.15, -0.1) is 15.0 Å². The van der Waals surface area contributed by atoms with E-state index >= 15 is 0 Å². The number of nitrogens with two attached hydrogens (primary N) is 2. The molecular formula is C30H37N7O7. The summed E-state index contributed by atoms with van der Waals surface area (Å²) in [7, 11) is 0. The molecule has 14 heteroatoms. The van der Waals surface area contributed by atoms with Crippen molar-refractivity contribution in [1.29, 1.82) is 0 Å². The molecule has 0 saturated carbocycles. The molecule has 0 aliphatic rings. The van der Waals surface area contributed by atoms with Crippen LogP contribution in [-0.4, -0.2) is 67.4 Å². The maximum atomic E-state index is 13.4. The second-order valence-corrected chi connectivity index (χ2v) is 11.4. The second-order valence-electron chi connectivity index (χ2n) is 11.4. The number of carbonyl (C=O) groups is 5. The molecule has 44 heavy (non-hydrogen) atoms. The van der Waals surface area contributed by atoms with Gasteiger partial charge in [0.2, 0.25) is 17.8 Å². The third kappa shape index (κ3) is 9.26. The van der Waals surface area contributed by atoms with E-state index in [1.165, 1.54) is 12.1 Å². The fourth-order valence-corrected chi connectivity index (χ4v) is 4.04. The maximum absolute atomic E-state index is 13.4. The number of ketones is 1. The molecule has 14 nitrogen and oxygen atoms in total. The van der Waals surface area contributed by atoms with Crippen molar-refractivity contribution < 1.29 is 33.4 Å². The van der Waals surface area contributed by atoms with Crippen molar-refractivity contribution in [3.8, 4) is 11.4 Å². The van der Waals surface area contributed by atoms with Crippen LogP contribution in [0.25, 0.3) is 11.4 Å². The average Bonchev–Trinajstić information content (AvgIpc) is 3.43. The van der Waals surface area contributed by atoms with Crippen molar-refractivity contribution >= 4 is 29.5 Å². The molecule has 3 aromatic rings. The Labute approximate surface area is 254 Å². The van der Waals surface area contributed by atoms with Crippen LogP contribution in [0.15, 0.2) is 54.6 Å². The topological polar surface area (TPSA) is 211 Å². The minimum atomic E-state index is -1.77. The molecule has 234 valence electrons. The lowest BCUT2D eigenvalue weighted by molar-refractivity contribution is -0.158. The van der Waals surface area contributed by atoms with Crippen LogP contribution in [0.4, 0.5) is 0 Å². The molecule has 0 saturated heterocycles. The zero-order valence-electron chi connectivity index (χ0n) is 25.2. The number of aromatic nitrogens is 4. The van der Waals surface area contributed by atoms with Gasteiger partial charge in [0.05, 0.1) is 12.5 Å². The Morgan fingerprint density at radius 2 is 1.68 bits per heavy atom. The highest BCUT2D eigenvalue weighted by Gasteiger charge is 2.37. The molecule has 3 unspecified atom stereocenters. The molecule has 0 aliphatic carbocycles. The zero-order chi connectivity index (χ0) is 32.6.